The summed E-state index contributed by atoms with van der Waals surface area (Å²) in [4.78, 5) is 14.2. The maximum Gasteiger partial charge on any atom is 0.407 e. The molecule has 0 radical (unpaired) electrons. The Morgan fingerprint density at radius 1 is 1.56 bits per heavy atom. The molecule has 104 valence electrons. The predicted molar refractivity (Wildman–Crippen MR) is 68.1 cm³/mol. The van der Waals surface area contributed by atoms with Crippen molar-refractivity contribution >= 4 is 6.09 Å². The third-order valence-corrected chi connectivity index (χ3v) is 2.56. The third-order valence-electron chi connectivity index (χ3n) is 2.56. The van der Waals surface area contributed by atoms with Gasteiger partial charge in [0.2, 0.25) is 0 Å². The third kappa shape index (κ3) is 5.75. The van der Waals surface area contributed by atoms with Crippen molar-refractivity contribution in [2.45, 2.75) is 58.3 Å². The summed E-state index contributed by atoms with van der Waals surface area (Å²) in [5.41, 5.74) is 6.40. The Morgan fingerprint density at radius 2 is 2.11 bits per heavy atom. The molecule has 0 saturated heterocycles. The normalized spacial score (nSPS) is 16.1. The van der Waals surface area contributed by atoms with Crippen LogP contribution in [0.25, 0.3) is 10.4 Å². The van der Waals surface area contributed by atoms with Crippen LogP contribution >= 0.6 is 0 Å². The number of carbonyl (C=O) groups excluding carboxylic acids is 1. The molecule has 0 heterocycles. The zero-order chi connectivity index (χ0) is 14.4. The summed E-state index contributed by atoms with van der Waals surface area (Å²) in [6.45, 7) is 8.55. The van der Waals surface area contributed by atoms with E-state index in [0.717, 1.165) is 0 Å². The van der Waals surface area contributed by atoms with Crippen molar-refractivity contribution in [2.75, 3.05) is 6.54 Å². The zero-order valence-electron chi connectivity index (χ0n) is 11.6. The molecular weight excluding hydrogens is 236 g/mol. The highest BCUT2D eigenvalue weighted by Crippen LogP contribution is 2.17. The van der Waals surface area contributed by atoms with E-state index in [9.17, 15) is 9.90 Å². The Bertz CT molecular complexity index is 334. The van der Waals surface area contributed by atoms with Crippen molar-refractivity contribution in [2.24, 2.45) is 5.11 Å². The van der Waals surface area contributed by atoms with E-state index in [-0.39, 0.29) is 6.54 Å². The van der Waals surface area contributed by atoms with Crippen LogP contribution in [0.15, 0.2) is 5.11 Å². The molecule has 0 aliphatic heterocycles. The number of hydrogen-bond donors (Lipinski definition) is 2. The molecule has 7 nitrogen and oxygen atoms in total. The lowest BCUT2D eigenvalue weighted by Gasteiger charge is -2.33. The van der Waals surface area contributed by atoms with Crippen LogP contribution < -0.4 is 5.32 Å². The van der Waals surface area contributed by atoms with E-state index in [4.69, 9.17) is 10.3 Å². The second-order valence-electron chi connectivity index (χ2n) is 5.21. The monoisotopic (exact) mass is 258 g/mol. The molecule has 0 fully saturated rings. The highest BCUT2D eigenvalue weighted by atomic mass is 16.6. The van der Waals surface area contributed by atoms with E-state index in [2.05, 4.69) is 15.3 Å². The van der Waals surface area contributed by atoms with Crippen LogP contribution in [0.5, 0.6) is 0 Å². The number of amides is 1. The average molecular weight is 258 g/mol. The molecule has 0 bridgehead atoms. The van der Waals surface area contributed by atoms with Crippen molar-refractivity contribution in [3.63, 3.8) is 0 Å². The summed E-state index contributed by atoms with van der Waals surface area (Å²) in [5.74, 6) is 0. The lowest BCUT2D eigenvalue weighted by molar-refractivity contribution is 0.00142. The minimum atomic E-state index is -1.27. The number of alkyl carbamates (subject to hydrolysis) is 1. The molecule has 0 aliphatic carbocycles. The molecule has 0 saturated carbocycles. The number of aliphatic hydroxyl groups is 1. The number of rotatable bonds is 5. The van der Waals surface area contributed by atoms with Gasteiger partial charge in [0, 0.05) is 4.91 Å². The lowest BCUT2D eigenvalue weighted by atomic mass is 9.93. The number of carbonyl (C=O) groups is 1. The Labute approximate surface area is 107 Å². The molecule has 0 aromatic rings. The summed E-state index contributed by atoms with van der Waals surface area (Å²) in [6.07, 6.45) is -0.258. The second kappa shape index (κ2) is 6.47. The second-order valence-corrected chi connectivity index (χ2v) is 5.21. The van der Waals surface area contributed by atoms with Gasteiger partial charge in [0.05, 0.1) is 18.2 Å². The first kappa shape index (κ1) is 16.5. The number of hydrogen-bond acceptors (Lipinski definition) is 4. The largest absolute Gasteiger partial charge is 0.444 e. The molecule has 0 aliphatic rings. The van der Waals surface area contributed by atoms with Gasteiger partial charge in [0.25, 0.3) is 0 Å². The SMILES string of the molecule is CC[C@@](O)(CN=[N+]=[N-])[C@H](C)NC(=O)OC(C)(C)C. The van der Waals surface area contributed by atoms with Crippen molar-refractivity contribution < 1.29 is 14.6 Å². The van der Waals surface area contributed by atoms with E-state index < -0.39 is 23.3 Å². The van der Waals surface area contributed by atoms with Crippen LogP contribution in [-0.2, 0) is 4.74 Å². The zero-order valence-corrected chi connectivity index (χ0v) is 11.6. The molecule has 0 spiro atoms. The van der Waals surface area contributed by atoms with Gasteiger partial charge in [-0.2, -0.15) is 0 Å². The maximum atomic E-state index is 11.6. The fraction of sp³-hybridized carbons (Fsp3) is 0.909. The predicted octanol–water partition coefficient (Wildman–Crippen LogP) is 2.35. The lowest BCUT2D eigenvalue weighted by Crippen LogP contribution is -2.53. The first-order valence-corrected chi connectivity index (χ1v) is 5.87. The van der Waals surface area contributed by atoms with E-state index in [0.29, 0.717) is 6.42 Å². The average Bonchev–Trinajstić information content (AvgIpc) is 2.22. The highest BCUT2D eigenvalue weighted by molar-refractivity contribution is 5.68. The van der Waals surface area contributed by atoms with E-state index in [1.165, 1.54) is 0 Å². The number of nitrogens with zero attached hydrogens (tertiary/aromatic N) is 3. The van der Waals surface area contributed by atoms with Gasteiger partial charge in [-0.3, -0.25) is 0 Å². The fourth-order valence-electron chi connectivity index (χ4n) is 1.33. The highest BCUT2D eigenvalue weighted by Gasteiger charge is 2.33. The van der Waals surface area contributed by atoms with Crippen LogP contribution in [0, 0.1) is 0 Å². The van der Waals surface area contributed by atoms with Crippen LogP contribution in [0.4, 0.5) is 4.79 Å². The summed E-state index contributed by atoms with van der Waals surface area (Å²) >= 11 is 0. The van der Waals surface area contributed by atoms with Crippen molar-refractivity contribution in [1.29, 1.82) is 0 Å². The quantitative estimate of drug-likeness (QED) is 0.449. The van der Waals surface area contributed by atoms with Gasteiger partial charge in [-0.05, 0) is 39.6 Å². The van der Waals surface area contributed by atoms with Crippen LogP contribution in [0.2, 0.25) is 0 Å². The van der Waals surface area contributed by atoms with E-state index >= 15 is 0 Å². The molecule has 2 N–H and O–H groups in total. The van der Waals surface area contributed by atoms with Gasteiger partial charge in [-0.25, -0.2) is 4.79 Å². The topological polar surface area (TPSA) is 107 Å². The summed E-state index contributed by atoms with van der Waals surface area (Å²) in [7, 11) is 0. The molecule has 2 atom stereocenters. The van der Waals surface area contributed by atoms with Gasteiger partial charge in [-0.15, -0.1) is 0 Å². The van der Waals surface area contributed by atoms with Gasteiger partial charge in [0.15, 0.2) is 0 Å². The summed E-state index contributed by atoms with van der Waals surface area (Å²) in [6, 6.07) is -0.581. The molecule has 0 unspecified atom stereocenters. The Morgan fingerprint density at radius 3 is 2.50 bits per heavy atom. The fourth-order valence-corrected chi connectivity index (χ4v) is 1.33. The van der Waals surface area contributed by atoms with E-state index in [1.54, 1.807) is 34.6 Å². The standard InChI is InChI=1S/C11H22N4O3/c1-6-11(17,7-13-15-12)8(2)14-9(16)18-10(3,4)5/h8,17H,6-7H2,1-5H3,(H,14,16)/t8-,11+/m0/s1. The number of azide groups is 1. The molecule has 0 aromatic heterocycles. The molecule has 0 rings (SSSR count). The number of nitrogens with one attached hydrogen (secondary N) is 1. The van der Waals surface area contributed by atoms with Crippen molar-refractivity contribution in [3.8, 4) is 0 Å². The maximum absolute atomic E-state index is 11.6. The molecule has 1 amide bonds. The van der Waals surface area contributed by atoms with Gasteiger partial charge in [-0.1, -0.05) is 12.0 Å². The minimum absolute atomic E-state index is 0.100. The molecule has 18 heavy (non-hydrogen) atoms. The number of ether oxygens (including phenoxy) is 1. The molecule has 0 aromatic carbocycles. The Kier molecular flexibility index (Phi) is 5.94. The Hall–Kier alpha value is -1.46. The first-order chi connectivity index (χ1) is 8.14. The minimum Gasteiger partial charge on any atom is -0.444 e. The molecule has 7 heteroatoms. The van der Waals surface area contributed by atoms with Gasteiger partial charge in [0.1, 0.15) is 5.60 Å². The van der Waals surface area contributed by atoms with Crippen LogP contribution in [0.1, 0.15) is 41.0 Å². The van der Waals surface area contributed by atoms with Crippen LogP contribution in [0.3, 0.4) is 0 Å². The summed E-state index contributed by atoms with van der Waals surface area (Å²) in [5, 5.41) is 16.1. The van der Waals surface area contributed by atoms with Crippen molar-refractivity contribution in [1.82, 2.24) is 5.32 Å². The Balaban J connectivity index is 4.57. The van der Waals surface area contributed by atoms with Crippen LogP contribution in [-0.4, -0.2) is 35.0 Å². The van der Waals surface area contributed by atoms with Gasteiger partial charge >= 0.3 is 6.09 Å². The van der Waals surface area contributed by atoms with Gasteiger partial charge < -0.3 is 15.2 Å². The summed E-state index contributed by atoms with van der Waals surface area (Å²) < 4.78 is 5.09. The van der Waals surface area contributed by atoms with Crippen molar-refractivity contribution in [3.05, 3.63) is 10.4 Å². The first-order valence-electron chi connectivity index (χ1n) is 5.87. The molecular formula is C11H22N4O3. The van der Waals surface area contributed by atoms with E-state index in [1.807, 2.05) is 0 Å². The smallest absolute Gasteiger partial charge is 0.407 e.